The van der Waals surface area contributed by atoms with Crippen molar-refractivity contribution < 1.29 is 4.74 Å². The summed E-state index contributed by atoms with van der Waals surface area (Å²) in [5.74, 6) is 1.07. The molecule has 0 saturated carbocycles. The molecule has 0 bridgehead atoms. The largest absolute Gasteiger partial charge is 0.381 e. The average molecular weight is 327 g/mol. The van der Waals surface area contributed by atoms with Gasteiger partial charge in [0.05, 0.1) is 5.69 Å². The molecule has 0 radical (unpaired) electrons. The summed E-state index contributed by atoms with van der Waals surface area (Å²) in [6.45, 7) is 3.56. The zero-order chi connectivity index (χ0) is 13.2. The molecule has 0 amide bonds. The Morgan fingerprint density at radius 2 is 2.11 bits per heavy atom. The standard InChI is InChI=1S/C13H19BrN4O/c1-18(9-3-6-19-7-4-9)12-10-8-15-5-2-11(10)16-13(14)17-12/h9,15H,2-8H2,1H3. The lowest BCUT2D eigenvalue weighted by Crippen LogP contribution is -2.39. The van der Waals surface area contributed by atoms with Crippen LogP contribution < -0.4 is 10.2 Å². The van der Waals surface area contributed by atoms with Gasteiger partial charge in [-0.3, -0.25) is 0 Å². The molecular weight excluding hydrogens is 308 g/mol. The van der Waals surface area contributed by atoms with Gasteiger partial charge in [-0.05, 0) is 28.8 Å². The highest BCUT2D eigenvalue weighted by atomic mass is 79.9. The lowest BCUT2D eigenvalue weighted by molar-refractivity contribution is 0.0853. The number of nitrogens with one attached hydrogen (secondary N) is 1. The van der Waals surface area contributed by atoms with Crippen LogP contribution >= 0.6 is 15.9 Å². The fourth-order valence-electron chi connectivity index (χ4n) is 2.83. The second-order valence-electron chi connectivity index (χ2n) is 5.12. The van der Waals surface area contributed by atoms with E-state index in [4.69, 9.17) is 4.74 Å². The van der Waals surface area contributed by atoms with Gasteiger partial charge >= 0.3 is 0 Å². The van der Waals surface area contributed by atoms with Gasteiger partial charge in [-0.15, -0.1) is 0 Å². The summed E-state index contributed by atoms with van der Waals surface area (Å²) in [6, 6.07) is 0.515. The minimum absolute atomic E-state index is 0.515. The normalized spacial score (nSPS) is 20.1. The van der Waals surface area contributed by atoms with Crippen molar-refractivity contribution in [3.8, 4) is 0 Å². The molecule has 1 aromatic rings. The predicted octanol–water partition coefficient (Wildman–Crippen LogP) is 1.50. The van der Waals surface area contributed by atoms with E-state index in [-0.39, 0.29) is 0 Å². The number of nitrogens with zero attached hydrogens (tertiary/aromatic N) is 3. The average Bonchev–Trinajstić information content (AvgIpc) is 2.46. The Labute approximate surface area is 121 Å². The van der Waals surface area contributed by atoms with Gasteiger partial charge in [-0.25, -0.2) is 9.97 Å². The maximum Gasteiger partial charge on any atom is 0.198 e. The Kier molecular flexibility index (Phi) is 4.00. The first-order chi connectivity index (χ1) is 9.25. The van der Waals surface area contributed by atoms with E-state index < -0.39 is 0 Å². The van der Waals surface area contributed by atoms with Gasteiger partial charge in [0, 0.05) is 51.4 Å². The van der Waals surface area contributed by atoms with Crippen LogP contribution in [0.25, 0.3) is 0 Å². The van der Waals surface area contributed by atoms with Crippen LogP contribution in [0.1, 0.15) is 24.1 Å². The molecule has 3 rings (SSSR count). The summed E-state index contributed by atoms with van der Waals surface area (Å²) >= 11 is 3.44. The lowest BCUT2D eigenvalue weighted by atomic mass is 10.0. The molecule has 1 saturated heterocycles. The SMILES string of the molecule is CN(c1nc(Br)nc2c1CNCC2)C1CCOCC1. The summed E-state index contributed by atoms with van der Waals surface area (Å²) in [5.41, 5.74) is 2.43. The van der Waals surface area contributed by atoms with E-state index in [9.17, 15) is 0 Å². The Hall–Kier alpha value is -0.720. The van der Waals surface area contributed by atoms with Gasteiger partial charge in [-0.1, -0.05) is 0 Å². The van der Waals surface area contributed by atoms with Gasteiger partial charge in [0.1, 0.15) is 5.82 Å². The number of aromatic nitrogens is 2. The number of hydrogen-bond acceptors (Lipinski definition) is 5. The third-order valence-electron chi connectivity index (χ3n) is 3.96. The maximum atomic E-state index is 5.44. The number of hydrogen-bond donors (Lipinski definition) is 1. The van der Waals surface area contributed by atoms with Crippen molar-refractivity contribution >= 4 is 21.7 Å². The van der Waals surface area contributed by atoms with E-state index in [0.717, 1.165) is 51.4 Å². The first kappa shape index (κ1) is 13.3. The molecule has 19 heavy (non-hydrogen) atoms. The molecule has 3 heterocycles. The van der Waals surface area contributed by atoms with Gasteiger partial charge in [-0.2, -0.15) is 0 Å². The van der Waals surface area contributed by atoms with E-state index in [2.05, 4.69) is 43.2 Å². The second kappa shape index (κ2) is 5.73. The monoisotopic (exact) mass is 326 g/mol. The summed E-state index contributed by atoms with van der Waals surface area (Å²) in [7, 11) is 2.14. The smallest absolute Gasteiger partial charge is 0.198 e. The first-order valence-corrected chi connectivity index (χ1v) is 7.61. The van der Waals surface area contributed by atoms with Gasteiger partial charge < -0.3 is 15.0 Å². The molecule has 0 aliphatic carbocycles. The first-order valence-electron chi connectivity index (χ1n) is 6.82. The number of halogens is 1. The molecule has 5 nitrogen and oxygen atoms in total. The quantitative estimate of drug-likeness (QED) is 0.835. The second-order valence-corrected chi connectivity index (χ2v) is 5.83. The fraction of sp³-hybridized carbons (Fsp3) is 0.692. The molecule has 1 aromatic heterocycles. The van der Waals surface area contributed by atoms with Crippen molar-refractivity contribution in [3.05, 3.63) is 16.0 Å². The molecule has 1 fully saturated rings. The highest BCUT2D eigenvalue weighted by Gasteiger charge is 2.25. The number of ether oxygens (including phenoxy) is 1. The van der Waals surface area contributed by atoms with Crippen LogP contribution in [-0.4, -0.2) is 42.8 Å². The number of rotatable bonds is 2. The fourth-order valence-corrected chi connectivity index (χ4v) is 3.21. The van der Waals surface area contributed by atoms with Crippen LogP contribution in [0.4, 0.5) is 5.82 Å². The molecular formula is C13H19BrN4O. The molecule has 0 atom stereocenters. The summed E-state index contributed by atoms with van der Waals surface area (Å²) < 4.78 is 6.14. The summed E-state index contributed by atoms with van der Waals surface area (Å²) in [5, 5.41) is 3.41. The molecule has 0 aromatic carbocycles. The third-order valence-corrected chi connectivity index (χ3v) is 4.31. The van der Waals surface area contributed by atoms with E-state index in [1.807, 2.05) is 0 Å². The van der Waals surface area contributed by atoms with Crippen LogP contribution in [0.15, 0.2) is 4.73 Å². The molecule has 2 aliphatic rings. The van der Waals surface area contributed by atoms with Crippen molar-refractivity contribution in [1.82, 2.24) is 15.3 Å². The van der Waals surface area contributed by atoms with Gasteiger partial charge in [0.2, 0.25) is 0 Å². The van der Waals surface area contributed by atoms with Crippen LogP contribution in [0, 0.1) is 0 Å². The molecule has 0 spiro atoms. The van der Waals surface area contributed by atoms with Crippen LogP contribution in [0.2, 0.25) is 0 Å². The minimum atomic E-state index is 0.515. The van der Waals surface area contributed by atoms with Crippen LogP contribution in [0.5, 0.6) is 0 Å². The van der Waals surface area contributed by atoms with E-state index in [0.29, 0.717) is 10.8 Å². The Morgan fingerprint density at radius 3 is 2.89 bits per heavy atom. The van der Waals surface area contributed by atoms with Crippen molar-refractivity contribution in [2.45, 2.75) is 31.8 Å². The van der Waals surface area contributed by atoms with Crippen molar-refractivity contribution in [2.75, 3.05) is 31.7 Å². The Bertz CT molecular complexity index is 462. The topological polar surface area (TPSA) is 50.3 Å². The van der Waals surface area contributed by atoms with E-state index in [1.165, 1.54) is 11.3 Å². The van der Waals surface area contributed by atoms with Crippen molar-refractivity contribution in [3.63, 3.8) is 0 Å². The summed E-state index contributed by atoms with van der Waals surface area (Å²) in [4.78, 5) is 11.4. The molecule has 104 valence electrons. The van der Waals surface area contributed by atoms with E-state index >= 15 is 0 Å². The lowest BCUT2D eigenvalue weighted by Gasteiger charge is -2.34. The summed E-state index contributed by atoms with van der Waals surface area (Å²) in [6.07, 6.45) is 3.12. The van der Waals surface area contributed by atoms with Crippen molar-refractivity contribution in [1.29, 1.82) is 0 Å². The maximum absolute atomic E-state index is 5.44. The Morgan fingerprint density at radius 1 is 1.32 bits per heavy atom. The van der Waals surface area contributed by atoms with Crippen LogP contribution in [0.3, 0.4) is 0 Å². The zero-order valence-electron chi connectivity index (χ0n) is 11.2. The molecule has 6 heteroatoms. The van der Waals surface area contributed by atoms with Crippen LogP contribution in [-0.2, 0) is 17.7 Å². The Balaban J connectivity index is 1.92. The number of fused-ring (bicyclic) bond motifs is 1. The molecule has 0 unspecified atom stereocenters. The molecule has 1 N–H and O–H groups in total. The zero-order valence-corrected chi connectivity index (χ0v) is 12.7. The van der Waals surface area contributed by atoms with Gasteiger partial charge in [0.25, 0.3) is 0 Å². The molecule has 2 aliphatic heterocycles. The van der Waals surface area contributed by atoms with Gasteiger partial charge in [0.15, 0.2) is 4.73 Å². The van der Waals surface area contributed by atoms with Crippen molar-refractivity contribution in [2.24, 2.45) is 0 Å². The third kappa shape index (κ3) is 2.75. The highest BCUT2D eigenvalue weighted by molar-refractivity contribution is 9.10. The number of anilines is 1. The predicted molar refractivity (Wildman–Crippen MR) is 77.4 cm³/mol. The van der Waals surface area contributed by atoms with E-state index in [1.54, 1.807) is 0 Å². The highest BCUT2D eigenvalue weighted by Crippen LogP contribution is 2.27. The minimum Gasteiger partial charge on any atom is -0.381 e.